The van der Waals surface area contributed by atoms with Gasteiger partial charge < -0.3 is 24.4 Å². The third-order valence-electron chi connectivity index (χ3n) is 6.86. The fraction of sp³-hybridized carbons (Fsp3) is 0.500. The second-order valence-electron chi connectivity index (χ2n) is 9.19. The number of aromatic nitrogens is 2. The molecule has 1 aromatic heterocycles. The number of piperidine rings is 1. The number of amides is 1. The molecule has 1 amide bonds. The number of benzene rings is 1. The summed E-state index contributed by atoms with van der Waals surface area (Å²) in [5, 5.41) is 2.60. The van der Waals surface area contributed by atoms with Crippen molar-refractivity contribution in [3.05, 3.63) is 47.6 Å². The summed E-state index contributed by atoms with van der Waals surface area (Å²) >= 11 is 0. The molecule has 2 aromatic rings. The molecule has 1 aromatic carbocycles. The van der Waals surface area contributed by atoms with Gasteiger partial charge in [0.1, 0.15) is 23.8 Å². The molecule has 2 saturated heterocycles. The van der Waals surface area contributed by atoms with Crippen LogP contribution in [0.3, 0.4) is 0 Å². The van der Waals surface area contributed by atoms with Gasteiger partial charge in [-0.2, -0.15) is 9.37 Å². The van der Waals surface area contributed by atoms with Crippen molar-refractivity contribution in [3.63, 3.8) is 0 Å². The molecule has 2 bridgehead atoms. The van der Waals surface area contributed by atoms with E-state index in [1.807, 2.05) is 6.92 Å². The highest BCUT2D eigenvalue weighted by Crippen LogP contribution is 2.43. The first-order chi connectivity index (χ1) is 16.9. The Kier molecular flexibility index (Phi) is 6.15. The second-order valence-corrected chi connectivity index (χ2v) is 9.19. The molecule has 0 spiro atoms. The van der Waals surface area contributed by atoms with Crippen LogP contribution in [0.5, 0.6) is 5.88 Å². The molecule has 1 saturated carbocycles. The average Bonchev–Trinajstić information content (AvgIpc) is 3.62. The maximum atomic E-state index is 15.2. The van der Waals surface area contributed by atoms with E-state index < -0.39 is 17.7 Å². The Morgan fingerprint density at radius 2 is 2.03 bits per heavy atom. The lowest BCUT2D eigenvalue weighted by Crippen LogP contribution is -2.59. The van der Waals surface area contributed by atoms with E-state index in [0.717, 1.165) is 31.7 Å². The Hall–Kier alpha value is -3.52. The number of nitrogens with one attached hydrogen (secondary N) is 1. The Labute approximate surface area is 201 Å². The maximum Gasteiger partial charge on any atom is 0.410 e. The summed E-state index contributed by atoms with van der Waals surface area (Å²) in [6.07, 6.45) is 2.96. The number of carbonyl (C=O) groups excluding carboxylic acids is 1. The molecule has 3 fully saturated rings. The van der Waals surface area contributed by atoms with Crippen molar-refractivity contribution < 1.29 is 27.8 Å². The van der Waals surface area contributed by atoms with Gasteiger partial charge in [-0.15, -0.1) is 0 Å². The fourth-order valence-electron chi connectivity index (χ4n) is 4.61. The minimum atomic E-state index is -0.861. The second kappa shape index (κ2) is 9.26. The Bertz CT molecular complexity index is 1160. The number of ether oxygens (including phenoxy) is 3. The number of carbonyl (C=O) groups is 1. The van der Waals surface area contributed by atoms with Crippen LogP contribution in [0.2, 0.25) is 0 Å². The van der Waals surface area contributed by atoms with Gasteiger partial charge in [0, 0.05) is 24.9 Å². The van der Waals surface area contributed by atoms with Crippen molar-refractivity contribution in [2.75, 3.05) is 31.6 Å². The van der Waals surface area contributed by atoms with Gasteiger partial charge in [-0.1, -0.05) is 13.0 Å². The van der Waals surface area contributed by atoms with E-state index in [9.17, 15) is 9.18 Å². The van der Waals surface area contributed by atoms with Crippen molar-refractivity contribution in [1.82, 2.24) is 14.9 Å². The van der Waals surface area contributed by atoms with Gasteiger partial charge in [0.05, 0.1) is 25.5 Å². The van der Waals surface area contributed by atoms with Crippen LogP contribution in [0.4, 0.5) is 30.8 Å². The standard InChI is InChI=1S/C24H25F2N5O4/c1-3-24(6-7-24)35-23(32)31-9-14-11-33-12-15(10-31)20(14)34-22-19(26)21(28-13-29-22)30-18-5-4-16(27-2)8-17(18)25/h4-5,8,13-15,20H,3,6-7,9-12H2,1H3,(H,28,29,30). The Morgan fingerprint density at radius 3 is 2.66 bits per heavy atom. The minimum absolute atomic E-state index is 0.0291. The van der Waals surface area contributed by atoms with Crippen LogP contribution in [0, 0.1) is 30.0 Å². The minimum Gasteiger partial charge on any atom is -0.471 e. The summed E-state index contributed by atoms with van der Waals surface area (Å²) in [6.45, 7) is 10.4. The molecule has 1 aliphatic carbocycles. The summed E-state index contributed by atoms with van der Waals surface area (Å²) in [5.41, 5.74) is -0.219. The number of hydrogen-bond donors (Lipinski definition) is 1. The SMILES string of the molecule is [C-]#[N+]c1ccc(Nc2ncnc(OC3C4COCC3CN(C(=O)OC3(CC)CC3)C4)c2F)c(F)c1. The van der Waals surface area contributed by atoms with E-state index >= 15 is 4.39 Å². The molecule has 5 rings (SSSR count). The highest BCUT2D eigenvalue weighted by Gasteiger charge is 2.49. The van der Waals surface area contributed by atoms with Crippen LogP contribution in [-0.4, -0.2) is 59.0 Å². The summed E-state index contributed by atoms with van der Waals surface area (Å²) in [7, 11) is 0. The largest absolute Gasteiger partial charge is 0.471 e. The molecular weight excluding hydrogens is 460 g/mol. The van der Waals surface area contributed by atoms with Gasteiger partial charge in [-0.3, -0.25) is 0 Å². The van der Waals surface area contributed by atoms with E-state index in [2.05, 4.69) is 20.1 Å². The van der Waals surface area contributed by atoms with Crippen LogP contribution >= 0.6 is 0 Å². The lowest BCUT2D eigenvalue weighted by molar-refractivity contribution is -0.113. The number of likely N-dealkylation sites (tertiary alicyclic amines) is 1. The van der Waals surface area contributed by atoms with Gasteiger partial charge in [0.25, 0.3) is 5.88 Å². The summed E-state index contributed by atoms with van der Waals surface area (Å²) in [6, 6.07) is 3.81. The molecule has 2 atom stereocenters. The van der Waals surface area contributed by atoms with Crippen molar-refractivity contribution in [1.29, 1.82) is 0 Å². The first kappa shape index (κ1) is 23.2. The molecule has 3 aliphatic rings. The summed E-state index contributed by atoms with van der Waals surface area (Å²) < 4.78 is 46.9. The van der Waals surface area contributed by atoms with Crippen molar-refractivity contribution in [2.45, 2.75) is 37.9 Å². The summed E-state index contributed by atoms with van der Waals surface area (Å²) in [4.78, 5) is 25.4. The normalized spacial score (nSPS) is 24.3. The molecule has 1 N–H and O–H groups in total. The Morgan fingerprint density at radius 1 is 1.29 bits per heavy atom. The molecule has 11 heteroatoms. The lowest BCUT2D eigenvalue weighted by atomic mass is 9.84. The van der Waals surface area contributed by atoms with Crippen LogP contribution in [0.1, 0.15) is 26.2 Å². The van der Waals surface area contributed by atoms with E-state index in [-0.39, 0.29) is 46.6 Å². The van der Waals surface area contributed by atoms with Crippen LogP contribution in [0.15, 0.2) is 24.5 Å². The van der Waals surface area contributed by atoms with Gasteiger partial charge >= 0.3 is 6.09 Å². The topological polar surface area (TPSA) is 90.2 Å². The molecule has 184 valence electrons. The van der Waals surface area contributed by atoms with Crippen LogP contribution in [-0.2, 0) is 9.47 Å². The zero-order valence-corrected chi connectivity index (χ0v) is 19.2. The molecule has 35 heavy (non-hydrogen) atoms. The predicted octanol–water partition coefficient (Wildman–Crippen LogP) is 4.45. The highest BCUT2D eigenvalue weighted by atomic mass is 19.1. The monoisotopic (exact) mass is 485 g/mol. The molecule has 3 heterocycles. The number of rotatable bonds is 6. The maximum absolute atomic E-state index is 15.2. The fourth-order valence-corrected chi connectivity index (χ4v) is 4.61. The van der Waals surface area contributed by atoms with Gasteiger partial charge in [-0.05, 0) is 31.4 Å². The van der Waals surface area contributed by atoms with E-state index in [1.165, 1.54) is 12.1 Å². The molecule has 2 aliphatic heterocycles. The number of fused-ring (bicyclic) bond motifs is 2. The number of halogens is 2. The van der Waals surface area contributed by atoms with Gasteiger partial charge in [0.15, 0.2) is 11.5 Å². The number of nitrogens with zero attached hydrogens (tertiary/aromatic N) is 4. The van der Waals surface area contributed by atoms with Crippen molar-refractivity contribution >= 4 is 23.3 Å². The third-order valence-corrected chi connectivity index (χ3v) is 6.86. The summed E-state index contributed by atoms with van der Waals surface area (Å²) in [5.74, 6) is -2.45. The van der Waals surface area contributed by atoms with Crippen LogP contribution in [0.25, 0.3) is 4.85 Å². The third kappa shape index (κ3) is 4.71. The average molecular weight is 485 g/mol. The molecule has 0 radical (unpaired) electrons. The zero-order valence-electron chi connectivity index (χ0n) is 19.2. The first-order valence-electron chi connectivity index (χ1n) is 11.6. The zero-order chi connectivity index (χ0) is 24.6. The highest BCUT2D eigenvalue weighted by molar-refractivity contribution is 5.69. The van der Waals surface area contributed by atoms with Gasteiger partial charge in [-0.25, -0.2) is 19.0 Å². The molecule has 9 nitrogen and oxygen atoms in total. The van der Waals surface area contributed by atoms with Crippen molar-refractivity contribution in [2.24, 2.45) is 11.8 Å². The van der Waals surface area contributed by atoms with E-state index in [4.69, 9.17) is 20.8 Å². The lowest BCUT2D eigenvalue weighted by Gasteiger charge is -2.46. The number of hydrogen-bond acceptors (Lipinski definition) is 7. The van der Waals surface area contributed by atoms with Gasteiger partial charge in [0.2, 0.25) is 5.82 Å². The quantitative estimate of drug-likeness (QED) is 0.605. The van der Waals surface area contributed by atoms with E-state index in [1.54, 1.807) is 4.90 Å². The molecule has 2 unspecified atom stereocenters. The van der Waals surface area contributed by atoms with E-state index in [0.29, 0.717) is 26.3 Å². The first-order valence-corrected chi connectivity index (χ1v) is 11.6. The van der Waals surface area contributed by atoms with Crippen LogP contribution < -0.4 is 10.1 Å². The molecular formula is C24H25F2N5O4. The number of anilines is 2. The predicted molar refractivity (Wildman–Crippen MR) is 120 cm³/mol. The Balaban J connectivity index is 1.29. The van der Waals surface area contributed by atoms with Crippen molar-refractivity contribution in [3.8, 4) is 5.88 Å². The smallest absolute Gasteiger partial charge is 0.410 e.